The topological polar surface area (TPSA) is 85.3 Å². The van der Waals surface area contributed by atoms with Crippen LogP contribution in [0.2, 0.25) is 0 Å². The molecular formula is C80H157N5O3. The minimum Gasteiger partial charge on any atom is -0.357 e. The zero-order chi connectivity index (χ0) is 63.4. The highest BCUT2D eigenvalue weighted by Gasteiger charge is 2.22. The summed E-state index contributed by atoms with van der Waals surface area (Å²) in [5.41, 5.74) is 0. The molecule has 0 unspecified atom stereocenters. The Morgan fingerprint density at radius 3 is 0.864 bits per heavy atom. The first kappa shape index (κ1) is 83.9. The second-order valence-electron chi connectivity index (χ2n) is 28.2. The van der Waals surface area contributed by atoms with Gasteiger partial charge in [0.15, 0.2) is 0 Å². The quantitative estimate of drug-likeness (QED) is 0.0615. The number of carbonyl (C=O) groups excluding carboxylic acids is 3. The molecule has 0 fully saturated rings. The molecule has 0 spiro atoms. The second kappa shape index (κ2) is 69.2. The average molecular weight is 1240 g/mol. The first-order chi connectivity index (χ1) is 43.5. The standard InChI is InChI=1S/C80H157N5O3/c1-5-9-13-17-21-25-29-33-37-41-45-49-53-57-61-65-77-81-69-71-83(77)73-74-85(80(88)68-64-60-56-52-48-44-40-36-32-28-24-20-16-12-8-4)76-75-84(79(87)67-63-59-55-51-47-43-39-35-31-27-23-19-15-11-7-3)72-70-82-78(86)66-62-58-54-50-46-42-38-34-30-26-22-18-14-10-6-2/h5-76H2,1-4H3,(H,82,86). The minimum absolute atomic E-state index is 0.109. The normalized spacial score (nSPS) is 12.4. The predicted octanol–water partition coefficient (Wildman–Crippen LogP) is 24.5. The Labute approximate surface area is 551 Å². The van der Waals surface area contributed by atoms with Gasteiger partial charge >= 0.3 is 0 Å². The van der Waals surface area contributed by atoms with Gasteiger partial charge in [-0.05, 0) is 25.7 Å². The van der Waals surface area contributed by atoms with Gasteiger partial charge in [0.25, 0.3) is 0 Å². The van der Waals surface area contributed by atoms with Gasteiger partial charge in [-0.25, -0.2) is 0 Å². The first-order valence-corrected chi connectivity index (χ1v) is 40.6. The number of hydrogen-bond acceptors (Lipinski definition) is 5. The van der Waals surface area contributed by atoms with Crippen molar-refractivity contribution in [1.82, 2.24) is 20.0 Å². The molecule has 0 saturated carbocycles. The Hall–Kier alpha value is -2.12. The van der Waals surface area contributed by atoms with E-state index in [2.05, 4.69) is 42.8 Å². The fourth-order valence-electron chi connectivity index (χ4n) is 13.6. The van der Waals surface area contributed by atoms with E-state index in [0.717, 1.165) is 64.6 Å². The van der Waals surface area contributed by atoms with Crippen LogP contribution in [0.15, 0.2) is 4.99 Å². The van der Waals surface area contributed by atoms with Gasteiger partial charge in [-0.15, -0.1) is 0 Å². The largest absolute Gasteiger partial charge is 0.357 e. The number of nitrogens with zero attached hydrogens (tertiary/aromatic N) is 4. The Balaban J connectivity index is 2.78. The summed E-state index contributed by atoms with van der Waals surface area (Å²) in [5.74, 6) is 1.77. The highest BCUT2D eigenvalue weighted by Crippen LogP contribution is 2.20. The number of unbranched alkanes of at least 4 members (excludes halogenated alkanes) is 56. The van der Waals surface area contributed by atoms with Crippen LogP contribution < -0.4 is 5.32 Å². The monoisotopic (exact) mass is 1240 g/mol. The lowest BCUT2D eigenvalue weighted by atomic mass is 10.0. The molecule has 0 radical (unpaired) electrons. The predicted molar refractivity (Wildman–Crippen MR) is 388 cm³/mol. The van der Waals surface area contributed by atoms with Crippen LogP contribution in [0.1, 0.15) is 439 Å². The van der Waals surface area contributed by atoms with Crippen molar-refractivity contribution >= 4 is 23.6 Å². The summed E-state index contributed by atoms with van der Waals surface area (Å²) in [6, 6.07) is 0. The van der Waals surface area contributed by atoms with Crippen LogP contribution >= 0.6 is 0 Å². The molecule has 8 heteroatoms. The lowest BCUT2D eigenvalue weighted by Crippen LogP contribution is -2.46. The smallest absolute Gasteiger partial charge is 0.222 e. The van der Waals surface area contributed by atoms with Crippen molar-refractivity contribution in [2.75, 3.05) is 52.4 Å². The Morgan fingerprint density at radius 1 is 0.318 bits per heavy atom. The fraction of sp³-hybridized carbons (Fsp3) is 0.950. The summed E-state index contributed by atoms with van der Waals surface area (Å²) >= 11 is 0. The van der Waals surface area contributed by atoms with E-state index in [1.807, 2.05) is 4.90 Å². The summed E-state index contributed by atoms with van der Waals surface area (Å²) in [6.45, 7) is 14.5. The molecule has 1 N–H and O–H groups in total. The third kappa shape index (κ3) is 57.8. The highest BCUT2D eigenvalue weighted by atomic mass is 16.2. The van der Waals surface area contributed by atoms with E-state index in [1.54, 1.807) is 0 Å². The van der Waals surface area contributed by atoms with Crippen LogP contribution in [0.5, 0.6) is 0 Å². The molecule has 1 aliphatic rings. The average Bonchev–Trinajstić information content (AvgIpc) is 4.21. The Morgan fingerprint density at radius 2 is 0.568 bits per heavy atom. The van der Waals surface area contributed by atoms with Gasteiger partial charge in [0.05, 0.1) is 12.4 Å². The van der Waals surface area contributed by atoms with E-state index in [-0.39, 0.29) is 17.7 Å². The maximum Gasteiger partial charge on any atom is 0.222 e. The maximum absolute atomic E-state index is 14.3. The number of amides is 3. The zero-order valence-corrected chi connectivity index (χ0v) is 60.4. The molecule has 0 saturated heterocycles. The van der Waals surface area contributed by atoms with Gasteiger partial charge in [-0.1, -0.05) is 387 Å². The molecule has 0 bridgehead atoms. The van der Waals surface area contributed by atoms with E-state index >= 15 is 0 Å². The van der Waals surface area contributed by atoms with Crippen LogP contribution in [0, 0.1) is 0 Å². The Kier molecular flexibility index (Phi) is 66.0. The van der Waals surface area contributed by atoms with Crippen LogP contribution in [0.25, 0.3) is 0 Å². The SMILES string of the molecule is CCCCCCCCCCCCCCCCCC(=O)NCCN(CCN(CCN1CCN=C1CCCCCCCCCCCCCCCCC)C(=O)CCCCCCCCCCCCCCCCC)C(=O)CCCCCCCCCCCCCCCCC. The Bertz CT molecular complexity index is 1490. The van der Waals surface area contributed by atoms with Crippen LogP contribution in [0.3, 0.4) is 0 Å². The van der Waals surface area contributed by atoms with Crippen molar-refractivity contribution in [1.29, 1.82) is 0 Å². The molecule has 0 aromatic rings. The van der Waals surface area contributed by atoms with Crippen molar-refractivity contribution in [2.24, 2.45) is 4.99 Å². The van der Waals surface area contributed by atoms with E-state index < -0.39 is 0 Å². The summed E-state index contributed by atoms with van der Waals surface area (Å²) < 4.78 is 0. The van der Waals surface area contributed by atoms with Crippen LogP contribution in [-0.2, 0) is 14.4 Å². The molecular weight excluding hydrogens is 1080 g/mol. The van der Waals surface area contributed by atoms with Gasteiger partial charge in [0, 0.05) is 71.5 Å². The summed E-state index contributed by atoms with van der Waals surface area (Å²) in [6.07, 6.45) is 82.5. The number of nitrogens with one attached hydrogen (secondary N) is 1. The van der Waals surface area contributed by atoms with E-state index in [1.165, 1.54) is 353 Å². The molecule has 1 rings (SSSR count). The molecule has 0 aromatic heterocycles. The number of aliphatic imine (C=N–C) groups is 1. The molecule has 0 aliphatic carbocycles. The molecule has 8 nitrogen and oxygen atoms in total. The van der Waals surface area contributed by atoms with Crippen molar-refractivity contribution < 1.29 is 14.4 Å². The third-order valence-corrected chi connectivity index (χ3v) is 19.7. The lowest BCUT2D eigenvalue weighted by molar-refractivity contribution is -0.135. The van der Waals surface area contributed by atoms with Gasteiger partial charge in [-0.3, -0.25) is 19.4 Å². The minimum atomic E-state index is 0.109. The van der Waals surface area contributed by atoms with Gasteiger partial charge in [-0.2, -0.15) is 0 Å². The van der Waals surface area contributed by atoms with E-state index in [0.29, 0.717) is 52.0 Å². The zero-order valence-electron chi connectivity index (χ0n) is 60.4. The first-order valence-electron chi connectivity index (χ1n) is 40.6. The van der Waals surface area contributed by atoms with Gasteiger partial charge in [0.2, 0.25) is 17.7 Å². The third-order valence-electron chi connectivity index (χ3n) is 19.7. The van der Waals surface area contributed by atoms with E-state index in [9.17, 15) is 14.4 Å². The summed E-state index contributed by atoms with van der Waals surface area (Å²) in [5, 5.41) is 3.20. The number of carbonyl (C=O) groups is 3. The number of amidine groups is 1. The van der Waals surface area contributed by atoms with Gasteiger partial charge in [0.1, 0.15) is 0 Å². The highest BCUT2D eigenvalue weighted by molar-refractivity contribution is 5.84. The van der Waals surface area contributed by atoms with Crippen LogP contribution in [0.4, 0.5) is 0 Å². The second-order valence-corrected chi connectivity index (χ2v) is 28.2. The van der Waals surface area contributed by atoms with Crippen molar-refractivity contribution in [3.05, 3.63) is 0 Å². The van der Waals surface area contributed by atoms with Crippen molar-refractivity contribution in [2.45, 2.75) is 439 Å². The molecule has 88 heavy (non-hydrogen) atoms. The summed E-state index contributed by atoms with van der Waals surface area (Å²) in [7, 11) is 0. The number of hydrogen-bond donors (Lipinski definition) is 1. The van der Waals surface area contributed by atoms with Gasteiger partial charge < -0.3 is 20.0 Å². The molecule has 1 aliphatic heterocycles. The molecule has 0 atom stereocenters. The van der Waals surface area contributed by atoms with Crippen molar-refractivity contribution in [3.8, 4) is 0 Å². The van der Waals surface area contributed by atoms with Crippen molar-refractivity contribution in [3.63, 3.8) is 0 Å². The number of rotatable bonds is 73. The molecule has 0 aromatic carbocycles. The fourth-order valence-corrected chi connectivity index (χ4v) is 13.6. The summed E-state index contributed by atoms with van der Waals surface area (Å²) in [4.78, 5) is 53.2. The van der Waals surface area contributed by atoms with Crippen LogP contribution in [-0.4, -0.2) is 90.6 Å². The maximum atomic E-state index is 14.3. The van der Waals surface area contributed by atoms with E-state index in [4.69, 9.17) is 4.99 Å². The molecule has 1 heterocycles. The lowest BCUT2D eigenvalue weighted by Gasteiger charge is -2.30. The molecule has 3 amide bonds. The molecule has 520 valence electrons.